The molecule has 0 radical (unpaired) electrons. The minimum Gasteiger partial charge on any atom is -0.322 e. The second kappa shape index (κ2) is 5.60. The van der Waals surface area contributed by atoms with Crippen molar-refractivity contribution in [1.82, 2.24) is 0 Å². The number of hydrogen-bond acceptors (Lipinski definition) is 2. The van der Waals surface area contributed by atoms with E-state index >= 15 is 0 Å². The van der Waals surface area contributed by atoms with Crippen molar-refractivity contribution < 1.29 is 17.6 Å². The minimum atomic E-state index is -1.21. The summed E-state index contributed by atoms with van der Waals surface area (Å²) in [6.45, 7) is 0. The topological polar surface area (TPSA) is 52.0 Å². The summed E-state index contributed by atoms with van der Waals surface area (Å²) < 4.78 is 53.5. The maximum atomic E-state index is 13.6. The van der Waals surface area contributed by atoms with E-state index in [1.54, 1.807) is 0 Å². The van der Waals surface area contributed by atoms with Crippen LogP contribution in [0.1, 0.15) is 23.2 Å². The van der Waals surface area contributed by atoms with Crippen LogP contribution in [0.5, 0.6) is 0 Å². The van der Waals surface area contributed by atoms with Gasteiger partial charge in [-0.05, 0) is 36.4 Å². The molecule has 0 spiro atoms. The highest BCUT2D eigenvalue weighted by Gasteiger charge is 2.23. The predicted molar refractivity (Wildman–Crippen MR) is 66.6 cm³/mol. The molecule has 2 nitrogen and oxygen atoms in total. The van der Waals surface area contributed by atoms with Gasteiger partial charge in [-0.25, -0.2) is 17.6 Å². The third kappa shape index (κ3) is 2.81. The van der Waals surface area contributed by atoms with Crippen molar-refractivity contribution in [1.29, 1.82) is 0 Å². The Balaban J connectivity index is 2.39. The molecule has 0 saturated carbocycles. The fourth-order valence-electron chi connectivity index (χ4n) is 1.93. The molecule has 0 bridgehead atoms. The van der Waals surface area contributed by atoms with Crippen LogP contribution in [0.25, 0.3) is 0 Å². The molecule has 2 aromatic rings. The average molecular weight is 284 g/mol. The first-order valence-electron chi connectivity index (χ1n) is 5.81. The van der Waals surface area contributed by atoms with Crippen molar-refractivity contribution in [2.45, 2.75) is 12.1 Å². The van der Waals surface area contributed by atoms with Gasteiger partial charge in [-0.1, -0.05) is 0 Å². The number of benzene rings is 2. The van der Waals surface area contributed by atoms with E-state index in [0.717, 1.165) is 36.4 Å². The average Bonchev–Trinajstić information content (AvgIpc) is 2.42. The predicted octanol–water partition coefficient (Wildman–Crippen LogP) is 2.94. The van der Waals surface area contributed by atoms with Gasteiger partial charge in [0, 0.05) is 11.1 Å². The summed E-state index contributed by atoms with van der Waals surface area (Å²) in [6.07, 6.45) is 0. The number of hydrogen-bond donors (Lipinski definition) is 2. The molecule has 2 atom stereocenters. The molecule has 2 rings (SSSR count). The van der Waals surface area contributed by atoms with Crippen LogP contribution in [0.2, 0.25) is 0 Å². The lowest BCUT2D eigenvalue weighted by atomic mass is 9.94. The molecule has 0 unspecified atom stereocenters. The zero-order chi connectivity index (χ0) is 14.9. The third-order valence-electron chi connectivity index (χ3n) is 3.02. The van der Waals surface area contributed by atoms with E-state index in [2.05, 4.69) is 0 Å². The fraction of sp³-hybridized carbons (Fsp3) is 0.143. The first kappa shape index (κ1) is 14.5. The van der Waals surface area contributed by atoms with E-state index in [1.807, 2.05) is 0 Å². The number of halogens is 4. The van der Waals surface area contributed by atoms with E-state index in [4.69, 9.17) is 11.5 Å². The van der Waals surface area contributed by atoms with Crippen molar-refractivity contribution in [3.8, 4) is 0 Å². The molecule has 0 saturated heterocycles. The second-order valence-corrected chi connectivity index (χ2v) is 4.38. The van der Waals surface area contributed by atoms with Crippen molar-refractivity contribution in [2.75, 3.05) is 0 Å². The Labute approximate surface area is 113 Å². The van der Waals surface area contributed by atoms with Crippen LogP contribution < -0.4 is 11.5 Å². The third-order valence-corrected chi connectivity index (χ3v) is 3.02. The summed E-state index contributed by atoms with van der Waals surface area (Å²) in [5, 5.41) is 0. The normalized spacial score (nSPS) is 14.1. The molecule has 0 aliphatic rings. The maximum absolute atomic E-state index is 13.6. The van der Waals surface area contributed by atoms with Crippen LogP contribution in [0.4, 0.5) is 17.6 Å². The summed E-state index contributed by atoms with van der Waals surface area (Å²) in [6, 6.07) is 3.02. The summed E-state index contributed by atoms with van der Waals surface area (Å²) in [7, 11) is 0. The van der Waals surface area contributed by atoms with Gasteiger partial charge in [-0.3, -0.25) is 0 Å². The van der Waals surface area contributed by atoms with Gasteiger partial charge >= 0.3 is 0 Å². The second-order valence-electron chi connectivity index (χ2n) is 4.38. The molecule has 4 N–H and O–H groups in total. The van der Waals surface area contributed by atoms with E-state index < -0.39 is 35.4 Å². The summed E-state index contributed by atoms with van der Waals surface area (Å²) in [5.41, 5.74) is 11.1. The van der Waals surface area contributed by atoms with Crippen LogP contribution in [0, 0.1) is 23.3 Å². The molecule has 0 aliphatic heterocycles. The van der Waals surface area contributed by atoms with Gasteiger partial charge in [0.25, 0.3) is 0 Å². The lowest BCUT2D eigenvalue weighted by molar-refractivity contribution is 0.492. The Morgan fingerprint density at radius 2 is 1.00 bits per heavy atom. The molecule has 6 heteroatoms. The highest BCUT2D eigenvalue weighted by molar-refractivity contribution is 5.29. The Morgan fingerprint density at radius 3 is 1.35 bits per heavy atom. The zero-order valence-electron chi connectivity index (χ0n) is 10.3. The lowest BCUT2D eigenvalue weighted by Gasteiger charge is -2.21. The van der Waals surface area contributed by atoms with Crippen molar-refractivity contribution in [2.24, 2.45) is 11.5 Å². The molecule has 0 fully saturated rings. The van der Waals surface area contributed by atoms with Gasteiger partial charge in [0.1, 0.15) is 23.3 Å². The molecular weight excluding hydrogens is 272 g/mol. The van der Waals surface area contributed by atoms with Gasteiger partial charge in [-0.15, -0.1) is 0 Å². The van der Waals surface area contributed by atoms with Crippen molar-refractivity contribution in [3.05, 3.63) is 70.8 Å². The molecule has 0 aliphatic carbocycles. The number of nitrogens with two attached hydrogens (primary N) is 2. The molecule has 0 amide bonds. The monoisotopic (exact) mass is 284 g/mol. The fourth-order valence-corrected chi connectivity index (χ4v) is 1.93. The van der Waals surface area contributed by atoms with Crippen LogP contribution in [0.15, 0.2) is 36.4 Å². The highest BCUT2D eigenvalue weighted by atomic mass is 19.1. The summed E-state index contributed by atoms with van der Waals surface area (Å²) in [4.78, 5) is 0. The van der Waals surface area contributed by atoms with Crippen LogP contribution >= 0.6 is 0 Å². The largest absolute Gasteiger partial charge is 0.322 e. The SMILES string of the molecule is N[C@H](c1cc(F)ccc1F)[C@H](N)c1cc(F)ccc1F. The van der Waals surface area contributed by atoms with E-state index in [-0.39, 0.29) is 11.1 Å². The standard InChI is InChI=1S/C14H12F4N2/c15-7-1-3-11(17)9(5-7)13(19)14(20)10-6-8(16)2-4-12(10)18/h1-6,13-14H,19-20H2/t13-,14-/m1/s1. The van der Waals surface area contributed by atoms with Crippen LogP contribution in [-0.2, 0) is 0 Å². The van der Waals surface area contributed by atoms with E-state index in [1.165, 1.54) is 0 Å². The minimum absolute atomic E-state index is 0.193. The van der Waals surface area contributed by atoms with Gasteiger partial charge in [-0.2, -0.15) is 0 Å². The lowest BCUT2D eigenvalue weighted by Crippen LogP contribution is -2.28. The van der Waals surface area contributed by atoms with Gasteiger partial charge in [0.15, 0.2) is 0 Å². The van der Waals surface area contributed by atoms with Crippen molar-refractivity contribution in [3.63, 3.8) is 0 Å². The van der Waals surface area contributed by atoms with Gasteiger partial charge < -0.3 is 11.5 Å². The highest BCUT2D eigenvalue weighted by Crippen LogP contribution is 2.28. The molecule has 0 heterocycles. The Morgan fingerprint density at radius 1 is 0.650 bits per heavy atom. The van der Waals surface area contributed by atoms with E-state index in [9.17, 15) is 17.6 Å². The molecule has 106 valence electrons. The Hall–Kier alpha value is -1.92. The van der Waals surface area contributed by atoms with Crippen LogP contribution in [-0.4, -0.2) is 0 Å². The first-order valence-corrected chi connectivity index (χ1v) is 5.81. The van der Waals surface area contributed by atoms with Crippen LogP contribution in [0.3, 0.4) is 0 Å². The van der Waals surface area contributed by atoms with Gasteiger partial charge in [0.2, 0.25) is 0 Å². The maximum Gasteiger partial charge on any atom is 0.128 e. The van der Waals surface area contributed by atoms with Gasteiger partial charge in [0.05, 0.1) is 12.1 Å². The summed E-state index contributed by atoms with van der Waals surface area (Å²) in [5.74, 6) is -2.90. The summed E-state index contributed by atoms with van der Waals surface area (Å²) >= 11 is 0. The molecule has 2 aromatic carbocycles. The van der Waals surface area contributed by atoms with E-state index in [0.29, 0.717) is 0 Å². The Bertz CT molecular complexity index is 575. The quantitative estimate of drug-likeness (QED) is 0.851. The zero-order valence-corrected chi connectivity index (χ0v) is 10.3. The molecule has 0 aromatic heterocycles. The Kier molecular flexibility index (Phi) is 4.06. The molecular formula is C14H12F4N2. The first-order chi connectivity index (χ1) is 9.40. The number of rotatable bonds is 3. The smallest absolute Gasteiger partial charge is 0.128 e. The molecule has 20 heavy (non-hydrogen) atoms. The van der Waals surface area contributed by atoms with Crippen molar-refractivity contribution >= 4 is 0 Å².